The summed E-state index contributed by atoms with van der Waals surface area (Å²) in [6.07, 6.45) is 3.11. The Morgan fingerprint density at radius 2 is 2.25 bits per heavy atom. The van der Waals surface area contributed by atoms with Crippen molar-refractivity contribution < 1.29 is 9.53 Å². The highest BCUT2D eigenvalue weighted by atomic mass is 16.5. The third kappa shape index (κ3) is 3.77. The van der Waals surface area contributed by atoms with Gasteiger partial charge in [0.25, 0.3) is 0 Å². The van der Waals surface area contributed by atoms with Crippen molar-refractivity contribution in [1.29, 1.82) is 0 Å². The van der Waals surface area contributed by atoms with Crippen molar-refractivity contribution in [1.82, 2.24) is 0 Å². The van der Waals surface area contributed by atoms with E-state index in [2.05, 4.69) is 13.0 Å². The van der Waals surface area contributed by atoms with Crippen molar-refractivity contribution in [2.75, 3.05) is 6.61 Å². The van der Waals surface area contributed by atoms with E-state index < -0.39 is 5.91 Å². The summed E-state index contributed by atoms with van der Waals surface area (Å²) in [4.78, 5) is 10.9. The van der Waals surface area contributed by atoms with Crippen LogP contribution in [0.2, 0.25) is 0 Å². The van der Waals surface area contributed by atoms with Gasteiger partial charge in [-0.1, -0.05) is 19.1 Å². The summed E-state index contributed by atoms with van der Waals surface area (Å²) in [7, 11) is 0. The average molecular weight is 219 g/mol. The fourth-order valence-electron chi connectivity index (χ4n) is 1.34. The third-order valence-electron chi connectivity index (χ3n) is 2.14. The first-order valence-electron chi connectivity index (χ1n) is 5.31. The molecule has 0 aliphatic rings. The molecule has 0 saturated carbocycles. The van der Waals surface area contributed by atoms with Gasteiger partial charge in [0, 0.05) is 5.56 Å². The fraction of sp³-hybridized carbons (Fsp3) is 0.308. The van der Waals surface area contributed by atoms with Crippen LogP contribution < -0.4 is 10.5 Å². The van der Waals surface area contributed by atoms with E-state index >= 15 is 0 Å². The highest BCUT2D eigenvalue weighted by Crippen LogP contribution is 2.13. The van der Waals surface area contributed by atoms with Gasteiger partial charge in [0.1, 0.15) is 12.4 Å². The summed E-state index contributed by atoms with van der Waals surface area (Å²) in [5, 5.41) is 0. The lowest BCUT2D eigenvalue weighted by Gasteiger charge is -2.07. The molecule has 0 unspecified atom stereocenters. The van der Waals surface area contributed by atoms with Crippen molar-refractivity contribution >= 4 is 5.91 Å². The topological polar surface area (TPSA) is 52.3 Å². The van der Waals surface area contributed by atoms with Crippen LogP contribution in [0.3, 0.4) is 0 Å². The molecule has 16 heavy (non-hydrogen) atoms. The Hall–Kier alpha value is -1.77. The number of hydrogen-bond donors (Lipinski definition) is 1. The van der Waals surface area contributed by atoms with Crippen molar-refractivity contribution in [2.24, 2.45) is 5.73 Å². The Labute approximate surface area is 95.9 Å². The number of allylic oxidation sites excluding steroid dienone is 1. The second-order valence-corrected chi connectivity index (χ2v) is 3.64. The van der Waals surface area contributed by atoms with Crippen molar-refractivity contribution in [2.45, 2.75) is 20.3 Å². The molecule has 0 saturated heterocycles. The normalized spacial score (nSPS) is 11.2. The maximum atomic E-state index is 10.9. The molecule has 3 nitrogen and oxygen atoms in total. The molecule has 0 aromatic heterocycles. The molecule has 0 radical (unpaired) electrons. The molecule has 0 aliphatic carbocycles. The summed E-state index contributed by atoms with van der Waals surface area (Å²) >= 11 is 0. The number of rotatable bonds is 5. The molecular weight excluding hydrogens is 202 g/mol. The van der Waals surface area contributed by atoms with Gasteiger partial charge >= 0.3 is 0 Å². The van der Waals surface area contributed by atoms with E-state index in [1.807, 2.05) is 13.0 Å². The van der Waals surface area contributed by atoms with Crippen LogP contribution in [0.4, 0.5) is 0 Å². The van der Waals surface area contributed by atoms with Crippen LogP contribution in [-0.2, 0) is 0 Å². The van der Waals surface area contributed by atoms with E-state index in [4.69, 9.17) is 10.5 Å². The number of primary amides is 1. The molecule has 1 aromatic rings. The molecule has 0 fully saturated rings. The highest BCUT2D eigenvalue weighted by Gasteiger charge is 2.01. The summed E-state index contributed by atoms with van der Waals surface area (Å²) in [6, 6.07) is 6.89. The number of benzene rings is 1. The van der Waals surface area contributed by atoms with Gasteiger partial charge in [0.2, 0.25) is 5.91 Å². The molecule has 1 rings (SSSR count). The van der Waals surface area contributed by atoms with E-state index in [1.165, 1.54) is 5.57 Å². The quantitative estimate of drug-likeness (QED) is 0.773. The Bertz CT molecular complexity index is 397. The molecular formula is C13H17NO2. The van der Waals surface area contributed by atoms with E-state index in [-0.39, 0.29) is 0 Å². The standard InChI is InChI=1S/C13H17NO2/c1-3-5-10(2)9-16-12-7-4-6-11(8-12)13(14)15/h4-8H,3,9H2,1-2H3,(H2,14,15)/b10-5-. The number of ether oxygens (including phenoxy) is 1. The molecule has 0 aliphatic heterocycles. The Morgan fingerprint density at radius 3 is 2.88 bits per heavy atom. The van der Waals surface area contributed by atoms with Gasteiger partial charge in [-0.05, 0) is 37.1 Å². The fourth-order valence-corrected chi connectivity index (χ4v) is 1.34. The van der Waals surface area contributed by atoms with Crippen LogP contribution in [0.5, 0.6) is 5.75 Å². The first-order chi connectivity index (χ1) is 7.63. The molecule has 0 spiro atoms. The summed E-state index contributed by atoms with van der Waals surface area (Å²) in [5.41, 5.74) is 6.82. The van der Waals surface area contributed by atoms with Gasteiger partial charge in [0.05, 0.1) is 0 Å². The smallest absolute Gasteiger partial charge is 0.248 e. The second kappa shape index (κ2) is 5.95. The average Bonchev–Trinajstić information content (AvgIpc) is 2.27. The Balaban J connectivity index is 2.64. The predicted molar refractivity (Wildman–Crippen MR) is 64.5 cm³/mol. The van der Waals surface area contributed by atoms with Crippen LogP contribution in [0.1, 0.15) is 30.6 Å². The van der Waals surface area contributed by atoms with Crippen LogP contribution in [-0.4, -0.2) is 12.5 Å². The number of hydrogen-bond acceptors (Lipinski definition) is 2. The van der Waals surface area contributed by atoms with E-state index in [9.17, 15) is 4.79 Å². The zero-order valence-corrected chi connectivity index (χ0v) is 9.69. The minimum Gasteiger partial charge on any atom is -0.489 e. The maximum Gasteiger partial charge on any atom is 0.248 e. The second-order valence-electron chi connectivity index (χ2n) is 3.64. The number of amides is 1. The minimum atomic E-state index is -0.439. The predicted octanol–water partition coefficient (Wildman–Crippen LogP) is 2.52. The first-order valence-corrected chi connectivity index (χ1v) is 5.31. The van der Waals surface area contributed by atoms with E-state index in [0.29, 0.717) is 17.9 Å². The summed E-state index contributed by atoms with van der Waals surface area (Å²) in [6.45, 7) is 4.63. The van der Waals surface area contributed by atoms with Crippen molar-refractivity contribution in [3.63, 3.8) is 0 Å². The third-order valence-corrected chi connectivity index (χ3v) is 2.14. The molecule has 1 amide bonds. The molecule has 86 valence electrons. The first kappa shape index (κ1) is 12.3. The van der Waals surface area contributed by atoms with E-state index in [1.54, 1.807) is 18.2 Å². The van der Waals surface area contributed by atoms with Crippen molar-refractivity contribution in [3.05, 3.63) is 41.5 Å². The SMILES string of the molecule is CC/C=C(/C)COc1cccc(C(N)=O)c1. The van der Waals surface area contributed by atoms with Gasteiger partial charge < -0.3 is 10.5 Å². The summed E-state index contributed by atoms with van der Waals surface area (Å²) in [5.74, 6) is 0.228. The minimum absolute atomic E-state index is 0.439. The Morgan fingerprint density at radius 1 is 1.50 bits per heavy atom. The Kier molecular flexibility index (Phi) is 4.58. The number of carbonyl (C=O) groups excluding carboxylic acids is 1. The van der Waals surface area contributed by atoms with Gasteiger partial charge in [0.15, 0.2) is 0 Å². The van der Waals surface area contributed by atoms with Crippen LogP contribution >= 0.6 is 0 Å². The molecule has 0 heterocycles. The molecule has 1 aromatic carbocycles. The zero-order chi connectivity index (χ0) is 12.0. The molecule has 2 N–H and O–H groups in total. The van der Waals surface area contributed by atoms with Gasteiger partial charge in [-0.15, -0.1) is 0 Å². The monoisotopic (exact) mass is 219 g/mol. The highest BCUT2D eigenvalue weighted by molar-refractivity contribution is 5.93. The zero-order valence-electron chi connectivity index (χ0n) is 9.69. The largest absolute Gasteiger partial charge is 0.489 e. The van der Waals surface area contributed by atoms with Gasteiger partial charge in [-0.25, -0.2) is 0 Å². The summed E-state index contributed by atoms with van der Waals surface area (Å²) < 4.78 is 5.54. The van der Waals surface area contributed by atoms with Crippen LogP contribution in [0, 0.1) is 0 Å². The molecule has 0 atom stereocenters. The van der Waals surface area contributed by atoms with Crippen LogP contribution in [0.25, 0.3) is 0 Å². The number of carbonyl (C=O) groups is 1. The van der Waals surface area contributed by atoms with Crippen LogP contribution in [0.15, 0.2) is 35.9 Å². The molecule has 0 bridgehead atoms. The van der Waals surface area contributed by atoms with Crippen molar-refractivity contribution in [3.8, 4) is 5.75 Å². The van der Waals surface area contributed by atoms with E-state index in [0.717, 1.165) is 6.42 Å². The number of nitrogens with two attached hydrogens (primary N) is 1. The lowest BCUT2D eigenvalue weighted by molar-refractivity contribution is 0.1000. The van der Waals surface area contributed by atoms with Gasteiger partial charge in [-0.3, -0.25) is 4.79 Å². The van der Waals surface area contributed by atoms with Gasteiger partial charge in [-0.2, -0.15) is 0 Å². The lowest BCUT2D eigenvalue weighted by Crippen LogP contribution is -2.11. The maximum absolute atomic E-state index is 10.9. The molecule has 3 heteroatoms. The lowest BCUT2D eigenvalue weighted by atomic mass is 10.2.